The van der Waals surface area contributed by atoms with Crippen molar-refractivity contribution in [2.75, 3.05) is 17.7 Å². The summed E-state index contributed by atoms with van der Waals surface area (Å²) >= 11 is 0. The molecule has 2 rings (SSSR count). The van der Waals surface area contributed by atoms with Gasteiger partial charge in [-0.3, -0.25) is 10.3 Å². The first kappa shape index (κ1) is 14.8. The van der Waals surface area contributed by atoms with Crippen LogP contribution in [0.5, 0.6) is 0 Å². The van der Waals surface area contributed by atoms with Crippen LogP contribution in [0.25, 0.3) is 0 Å². The Morgan fingerprint density at radius 3 is 2.76 bits per heavy atom. The highest BCUT2D eigenvalue weighted by Gasteiger charge is 2.07. The van der Waals surface area contributed by atoms with E-state index in [1.807, 2.05) is 19.1 Å². The third kappa shape index (κ3) is 4.17. The van der Waals surface area contributed by atoms with Crippen LogP contribution in [0.3, 0.4) is 0 Å². The van der Waals surface area contributed by atoms with Crippen LogP contribution in [-0.2, 0) is 11.3 Å². The van der Waals surface area contributed by atoms with Crippen molar-refractivity contribution in [2.45, 2.75) is 13.5 Å². The monoisotopic (exact) mass is 289 g/mol. The highest BCUT2D eigenvalue weighted by atomic mass is 19.1. The molecule has 0 atom stereocenters. The van der Waals surface area contributed by atoms with Gasteiger partial charge in [-0.05, 0) is 36.8 Å². The molecule has 0 saturated heterocycles. The Bertz CT molecular complexity index is 629. The first-order valence-corrected chi connectivity index (χ1v) is 6.38. The summed E-state index contributed by atoms with van der Waals surface area (Å²) < 4.78 is 18.2. The summed E-state index contributed by atoms with van der Waals surface area (Å²) in [6, 6.07) is 8.32. The average Bonchev–Trinajstić information content (AvgIpc) is 2.49. The fraction of sp³-hybridized carbons (Fsp3) is 0.200. The van der Waals surface area contributed by atoms with Crippen molar-refractivity contribution in [2.24, 2.45) is 0 Å². The molecule has 0 aliphatic rings. The summed E-state index contributed by atoms with van der Waals surface area (Å²) in [5.74, 6) is -0.540. The van der Waals surface area contributed by atoms with Gasteiger partial charge < -0.3 is 10.1 Å². The lowest BCUT2D eigenvalue weighted by Crippen LogP contribution is -2.12. The van der Waals surface area contributed by atoms with E-state index in [2.05, 4.69) is 20.4 Å². The lowest BCUT2D eigenvalue weighted by molar-refractivity contribution is 0.187. The van der Waals surface area contributed by atoms with Crippen LogP contribution in [0, 0.1) is 12.7 Å². The van der Waals surface area contributed by atoms with E-state index in [1.165, 1.54) is 19.2 Å². The predicted molar refractivity (Wildman–Crippen MR) is 78.7 cm³/mol. The summed E-state index contributed by atoms with van der Waals surface area (Å²) in [4.78, 5) is 15.3. The molecule has 21 heavy (non-hydrogen) atoms. The van der Waals surface area contributed by atoms with E-state index in [9.17, 15) is 9.18 Å². The van der Waals surface area contributed by atoms with Crippen molar-refractivity contribution in [3.63, 3.8) is 0 Å². The molecule has 0 aliphatic carbocycles. The number of nitrogens with one attached hydrogen (secondary N) is 2. The topological polar surface area (TPSA) is 63.2 Å². The van der Waals surface area contributed by atoms with Gasteiger partial charge in [0.1, 0.15) is 5.82 Å². The third-order valence-corrected chi connectivity index (χ3v) is 2.84. The molecular weight excluding hydrogens is 273 g/mol. The lowest BCUT2D eigenvalue weighted by Gasteiger charge is -2.09. The van der Waals surface area contributed by atoms with Crippen molar-refractivity contribution in [1.82, 2.24) is 4.98 Å². The van der Waals surface area contributed by atoms with Crippen molar-refractivity contribution >= 4 is 17.5 Å². The Morgan fingerprint density at radius 2 is 2.14 bits per heavy atom. The van der Waals surface area contributed by atoms with Crippen molar-refractivity contribution in [3.8, 4) is 0 Å². The number of carbonyl (C=O) groups excluding carboxylic acids is 1. The van der Waals surface area contributed by atoms with E-state index in [-0.39, 0.29) is 5.69 Å². The first-order chi connectivity index (χ1) is 10.1. The Morgan fingerprint density at radius 1 is 1.33 bits per heavy atom. The zero-order valence-electron chi connectivity index (χ0n) is 11.8. The molecule has 0 spiro atoms. The van der Waals surface area contributed by atoms with Gasteiger partial charge in [0.15, 0.2) is 0 Å². The van der Waals surface area contributed by atoms with Gasteiger partial charge in [0, 0.05) is 11.9 Å². The quantitative estimate of drug-likeness (QED) is 0.906. The van der Waals surface area contributed by atoms with Crippen LogP contribution in [-0.4, -0.2) is 18.2 Å². The Kier molecular flexibility index (Phi) is 4.71. The molecule has 0 unspecified atom stereocenters. The smallest absolute Gasteiger partial charge is 0.411 e. The van der Waals surface area contributed by atoms with Crippen molar-refractivity contribution in [1.29, 1.82) is 0 Å². The minimum atomic E-state index is -0.710. The highest BCUT2D eigenvalue weighted by molar-refractivity contribution is 5.84. The van der Waals surface area contributed by atoms with E-state index in [1.54, 1.807) is 12.3 Å². The number of aryl methyl sites for hydroxylation is 1. The van der Waals surface area contributed by atoms with Gasteiger partial charge >= 0.3 is 6.09 Å². The van der Waals surface area contributed by atoms with Gasteiger partial charge in [-0.2, -0.15) is 0 Å². The Labute approximate surface area is 122 Å². The normalized spacial score (nSPS) is 10.0. The molecule has 2 N–H and O–H groups in total. The third-order valence-electron chi connectivity index (χ3n) is 2.84. The number of anilines is 2. The number of ether oxygens (including phenoxy) is 1. The van der Waals surface area contributed by atoms with Crippen LogP contribution >= 0.6 is 0 Å². The maximum atomic E-state index is 13.8. The SMILES string of the molecule is COC(=O)Nc1ccc(NCc2ccc(C)cn2)cc1F. The van der Waals surface area contributed by atoms with Gasteiger partial charge in [-0.25, -0.2) is 9.18 Å². The van der Waals surface area contributed by atoms with Gasteiger partial charge in [0.25, 0.3) is 0 Å². The van der Waals surface area contributed by atoms with E-state index in [0.29, 0.717) is 12.2 Å². The molecule has 0 aliphatic heterocycles. The number of aromatic nitrogens is 1. The zero-order chi connectivity index (χ0) is 15.2. The highest BCUT2D eigenvalue weighted by Crippen LogP contribution is 2.19. The summed E-state index contributed by atoms with van der Waals surface area (Å²) in [6.45, 7) is 2.45. The van der Waals surface area contributed by atoms with Gasteiger partial charge in [0.05, 0.1) is 25.0 Å². The van der Waals surface area contributed by atoms with Crippen molar-refractivity contribution in [3.05, 3.63) is 53.6 Å². The molecule has 110 valence electrons. The van der Waals surface area contributed by atoms with E-state index in [4.69, 9.17) is 0 Å². The average molecular weight is 289 g/mol. The minimum Gasteiger partial charge on any atom is -0.453 e. The molecule has 0 fully saturated rings. The predicted octanol–water partition coefficient (Wildman–Crippen LogP) is 3.32. The summed E-state index contributed by atoms with van der Waals surface area (Å²) in [6.07, 6.45) is 1.07. The molecule has 0 saturated carbocycles. The number of halogens is 1. The fourth-order valence-corrected chi connectivity index (χ4v) is 1.68. The number of hydrogen-bond donors (Lipinski definition) is 2. The number of benzene rings is 1. The number of pyridine rings is 1. The molecule has 0 radical (unpaired) electrons. The molecule has 0 bridgehead atoms. The summed E-state index contributed by atoms with van der Waals surface area (Å²) in [5.41, 5.74) is 2.62. The maximum absolute atomic E-state index is 13.8. The second-order valence-corrected chi connectivity index (χ2v) is 4.49. The Balaban J connectivity index is 1.99. The number of hydrogen-bond acceptors (Lipinski definition) is 4. The number of carbonyl (C=O) groups is 1. The second kappa shape index (κ2) is 6.69. The zero-order valence-corrected chi connectivity index (χ0v) is 11.8. The van der Waals surface area contributed by atoms with Crippen LogP contribution < -0.4 is 10.6 Å². The Hall–Kier alpha value is -2.63. The number of nitrogens with zero attached hydrogens (tertiary/aromatic N) is 1. The minimum absolute atomic E-state index is 0.0702. The summed E-state index contributed by atoms with van der Waals surface area (Å²) in [5, 5.41) is 5.36. The molecule has 6 heteroatoms. The standard InChI is InChI=1S/C15H16FN3O2/c1-10-3-4-12(17-8-10)9-18-11-5-6-14(13(16)7-11)19-15(20)21-2/h3-8,18H,9H2,1-2H3,(H,19,20). The molecule has 1 aromatic carbocycles. The van der Waals surface area contributed by atoms with E-state index in [0.717, 1.165) is 11.3 Å². The second-order valence-electron chi connectivity index (χ2n) is 4.49. The number of amides is 1. The van der Waals surface area contributed by atoms with Gasteiger partial charge in [-0.1, -0.05) is 6.07 Å². The number of methoxy groups -OCH3 is 1. The molecule has 1 amide bonds. The molecular formula is C15H16FN3O2. The van der Waals surface area contributed by atoms with Crippen molar-refractivity contribution < 1.29 is 13.9 Å². The van der Waals surface area contributed by atoms with Crippen LogP contribution in [0.15, 0.2) is 36.5 Å². The maximum Gasteiger partial charge on any atom is 0.411 e. The summed E-state index contributed by atoms with van der Waals surface area (Å²) in [7, 11) is 1.22. The fourth-order valence-electron chi connectivity index (χ4n) is 1.68. The van der Waals surface area contributed by atoms with Gasteiger partial charge in [-0.15, -0.1) is 0 Å². The van der Waals surface area contributed by atoms with Crippen LogP contribution in [0.2, 0.25) is 0 Å². The van der Waals surface area contributed by atoms with Gasteiger partial charge in [0.2, 0.25) is 0 Å². The molecule has 1 aromatic heterocycles. The molecule has 1 heterocycles. The van der Waals surface area contributed by atoms with E-state index >= 15 is 0 Å². The van der Waals surface area contributed by atoms with E-state index < -0.39 is 11.9 Å². The lowest BCUT2D eigenvalue weighted by atomic mass is 10.2. The molecule has 2 aromatic rings. The first-order valence-electron chi connectivity index (χ1n) is 6.38. The van der Waals surface area contributed by atoms with Crippen LogP contribution in [0.1, 0.15) is 11.3 Å². The molecule has 5 nitrogen and oxygen atoms in total. The largest absolute Gasteiger partial charge is 0.453 e. The number of rotatable bonds is 4. The van der Waals surface area contributed by atoms with Crippen LogP contribution in [0.4, 0.5) is 20.6 Å².